The Labute approximate surface area is 105 Å². The summed E-state index contributed by atoms with van der Waals surface area (Å²) in [4.78, 5) is 10.8. The Morgan fingerprint density at radius 2 is 1.71 bits per heavy atom. The third-order valence-corrected chi connectivity index (χ3v) is 7.86. The van der Waals surface area contributed by atoms with Gasteiger partial charge in [-0.05, 0) is 25.1 Å². The van der Waals surface area contributed by atoms with E-state index in [1.165, 1.54) is 6.92 Å². The molecule has 17 heavy (non-hydrogen) atoms. The van der Waals surface area contributed by atoms with E-state index >= 15 is 0 Å². The molecule has 0 unspecified atom stereocenters. The molecule has 0 aromatic carbocycles. The first kappa shape index (κ1) is 16.8. The maximum atomic E-state index is 10.8. The van der Waals surface area contributed by atoms with Gasteiger partial charge >= 0.3 is 0 Å². The lowest BCUT2D eigenvalue weighted by Gasteiger charge is -2.37. The molecule has 0 radical (unpaired) electrons. The number of ketones is 1. The molecule has 0 saturated heterocycles. The summed E-state index contributed by atoms with van der Waals surface area (Å²) in [5.74, 6) is -0.135. The Morgan fingerprint density at radius 1 is 1.24 bits per heavy atom. The highest BCUT2D eigenvalue weighted by atomic mass is 28.4. The first-order chi connectivity index (χ1) is 7.47. The summed E-state index contributed by atoms with van der Waals surface area (Å²) in [7, 11) is -1.91. The van der Waals surface area contributed by atoms with E-state index in [9.17, 15) is 15.0 Å². The van der Waals surface area contributed by atoms with Gasteiger partial charge in [0.2, 0.25) is 0 Å². The number of aliphatic hydroxyl groups is 2. The lowest BCUT2D eigenvalue weighted by molar-refractivity contribution is -0.121. The Hall–Kier alpha value is -0.233. The summed E-state index contributed by atoms with van der Waals surface area (Å²) in [6.07, 6.45) is -2.05. The highest BCUT2D eigenvalue weighted by Gasteiger charge is 2.37. The smallest absolute Gasteiger partial charge is 0.192 e. The van der Waals surface area contributed by atoms with Gasteiger partial charge in [-0.2, -0.15) is 0 Å². The fraction of sp³-hybridized carbons (Fsp3) is 0.917. The summed E-state index contributed by atoms with van der Waals surface area (Å²) in [6.45, 7) is 12.0. The monoisotopic (exact) mass is 262 g/mol. The van der Waals surface area contributed by atoms with Crippen molar-refractivity contribution in [3.05, 3.63) is 0 Å². The number of hydrogen-bond acceptors (Lipinski definition) is 4. The maximum absolute atomic E-state index is 10.8. The molecule has 0 aliphatic rings. The number of rotatable bonds is 6. The van der Waals surface area contributed by atoms with Crippen LogP contribution < -0.4 is 0 Å². The average molecular weight is 262 g/mol. The molecule has 102 valence electrons. The lowest BCUT2D eigenvalue weighted by atomic mass is 10.1. The van der Waals surface area contributed by atoms with E-state index in [-0.39, 0.29) is 23.8 Å². The summed E-state index contributed by atoms with van der Waals surface area (Å²) < 4.78 is 5.78. The van der Waals surface area contributed by atoms with Crippen LogP contribution in [0.25, 0.3) is 0 Å². The molecule has 0 rings (SSSR count). The summed E-state index contributed by atoms with van der Waals surface area (Å²) in [5.41, 5.74) is 0. The van der Waals surface area contributed by atoms with Crippen molar-refractivity contribution in [3.63, 3.8) is 0 Å². The molecule has 5 heteroatoms. The predicted molar refractivity (Wildman–Crippen MR) is 70.5 cm³/mol. The van der Waals surface area contributed by atoms with E-state index < -0.39 is 20.5 Å². The van der Waals surface area contributed by atoms with Gasteiger partial charge in [-0.1, -0.05) is 20.8 Å². The Balaban J connectivity index is 4.24. The van der Waals surface area contributed by atoms with Crippen molar-refractivity contribution in [2.75, 3.05) is 6.61 Å². The number of aliphatic hydroxyl groups excluding tert-OH is 2. The van der Waals surface area contributed by atoms with Crippen molar-refractivity contribution in [1.29, 1.82) is 0 Å². The average Bonchev–Trinajstić information content (AvgIpc) is 2.11. The lowest BCUT2D eigenvalue weighted by Crippen LogP contribution is -2.44. The zero-order chi connectivity index (χ0) is 13.9. The SMILES string of the molecule is CC(=O)C[C@H](O)[C@@H](O)CO[Si](C)(C)C(C)(C)C. The first-order valence-corrected chi connectivity index (χ1v) is 8.87. The molecule has 0 amide bonds. The van der Waals surface area contributed by atoms with E-state index in [4.69, 9.17) is 4.43 Å². The molecule has 2 N–H and O–H groups in total. The second-order valence-electron chi connectivity index (χ2n) is 6.11. The van der Waals surface area contributed by atoms with Crippen LogP contribution in [0, 0.1) is 0 Å². The molecule has 0 spiro atoms. The van der Waals surface area contributed by atoms with E-state index in [2.05, 4.69) is 33.9 Å². The second kappa shape index (κ2) is 6.09. The zero-order valence-electron chi connectivity index (χ0n) is 11.8. The number of carbonyl (C=O) groups is 1. The zero-order valence-corrected chi connectivity index (χ0v) is 12.8. The van der Waals surface area contributed by atoms with Crippen molar-refractivity contribution in [3.8, 4) is 0 Å². The minimum atomic E-state index is -1.91. The predicted octanol–water partition coefficient (Wildman–Crippen LogP) is 1.71. The summed E-state index contributed by atoms with van der Waals surface area (Å²) in [6, 6.07) is 0. The van der Waals surface area contributed by atoms with Gasteiger partial charge in [0.25, 0.3) is 0 Å². The molecule has 0 saturated carbocycles. The first-order valence-electron chi connectivity index (χ1n) is 5.97. The molecule has 0 bridgehead atoms. The largest absolute Gasteiger partial charge is 0.414 e. The van der Waals surface area contributed by atoms with Crippen molar-refractivity contribution in [2.45, 2.75) is 64.5 Å². The molecule has 4 nitrogen and oxygen atoms in total. The second-order valence-corrected chi connectivity index (χ2v) is 10.9. The van der Waals surface area contributed by atoms with E-state index in [0.29, 0.717) is 0 Å². The number of carbonyl (C=O) groups excluding carboxylic acids is 1. The van der Waals surface area contributed by atoms with Crippen molar-refractivity contribution in [2.24, 2.45) is 0 Å². The molecule has 0 aromatic rings. The van der Waals surface area contributed by atoms with Crippen LogP contribution in [0.15, 0.2) is 0 Å². The molecular formula is C12H26O4Si. The summed E-state index contributed by atoms with van der Waals surface area (Å²) >= 11 is 0. The molecular weight excluding hydrogens is 236 g/mol. The minimum Gasteiger partial charge on any atom is -0.414 e. The molecule has 0 heterocycles. The van der Waals surface area contributed by atoms with Gasteiger partial charge in [-0.25, -0.2) is 0 Å². The van der Waals surface area contributed by atoms with Gasteiger partial charge in [0, 0.05) is 6.42 Å². The molecule has 0 aromatic heterocycles. The van der Waals surface area contributed by atoms with Crippen LogP contribution in [0.2, 0.25) is 18.1 Å². The van der Waals surface area contributed by atoms with Gasteiger partial charge in [0.15, 0.2) is 8.32 Å². The third kappa shape index (κ3) is 5.77. The van der Waals surface area contributed by atoms with E-state index in [1.807, 2.05) is 0 Å². The number of hydrogen-bond donors (Lipinski definition) is 2. The minimum absolute atomic E-state index is 0.0258. The fourth-order valence-electron chi connectivity index (χ4n) is 1.05. The molecule has 0 fully saturated rings. The van der Waals surface area contributed by atoms with Gasteiger partial charge in [0.05, 0.1) is 12.7 Å². The van der Waals surface area contributed by atoms with Crippen LogP contribution in [-0.4, -0.2) is 43.1 Å². The van der Waals surface area contributed by atoms with Crippen LogP contribution >= 0.6 is 0 Å². The van der Waals surface area contributed by atoms with Crippen LogP contribution in [-0.2, 0) is 9.22 Å². The Bertz CT molecular complexity index is 258. The molecule has 0 aliphatic heterocycles. The van der Waals surface area contributed by atoms with Gasteiger partial charge < -0.3 is 14.6 Å². The van der Waals surface area contributed by atoms with Crippen LogP contribution in [0.5, 0.6) is 0 Å². The van der Waals surface area contributed by atoms with E-state index in [1.54, 1.807) is 0 Å². The maximum Gasteiger partial charge on any atom is 0.192 e. The van der Waals surface area contributed by atoms with E-state index in [0.717, 1.165) is 0 Å². The Kier molecular flexibility index (Phi) is 6.00. The fourth-order valence-corrected chi connectivity index (χ4v) is 2.07. The highest BCUT2D eigenvalue weighted by molar-refractivity contribution is 6.74. The van der Waals surface area contributed by atoms with Crippen LogP contribution in [0.1, 0.15) is 34.1 Å². The van der Waals surface area contributed by atoms with Crippen LogP contribution in [0.4, 0.5) is 0 Å². The highest BCUT2D eigenvalue weighted by Crippen LogP contribution is 2.36. The Morgan fingerprint density at radius 3 is 2.06 bits per heavy atom. The topological polar surface area (TPSA) is 66.8 Å². The van der Waals surface area contributed by atoms with Crippen molar-refractivity contribution in [1.82, 2.24) is 0 Å². The number of Topliss-reactive ketones (excluding diaryl/α,β-unsaturated/α-hetero) is 1. The molecule has 2 atom stereocenters. The van der Waals surface area contributed by atoms with Crippen molar-refractivity contribution >= 4 is 14.1 Å². The van der Waals surface area contributed by atoms with Gasteiger partial charge in [-0.3, -0.25) is 4.79 Å². The van der Waals surface area contributed by atoms with Crippen LogP contribution in [0.3, 0.4) is 0 Å². The quantitative estimate of drug-likeness (QED) is 0.715. The van der Waals surface area contributed by atoms with Gasteiger partial charge in [-0.15, -0.1) is 0 Å². The summed E-state index contributed by atoms with van der Waals surface area (Å²) in [5, 5.41) is 19.3. The molecule has 0 aliphatic carbocycles. The normalized spacial score (nSPS) is 16.7. The van der Waals surface area contributed by atoms with Gasteiger partial charge in [0.1, 0.15) is 11.9 Å². The van der Waals surface area contributed by atoms with Crippen molar-refractivity contribution < 1.29 is 19.4 Å². The third-order valence-electron chi connectivity index (χ3n) is 3.36. The standard InChI is InChI=1S/C12H26O4Si/c1-9(13)7-10(14)11(15)8-16-17(5,6)12(2,3)4/h10-11,14-15H,7-8H2,1-6H3/t10-,11-/m0/s1.